The summed E-state index contributed by atoms with van der Waals surface area (Å²) in [6, 6.07) is 4.32. The second kappa shape index (κ2) is 3.87. The molecule has 0 spiro atoms. The van der Waals surface area contributed by atoms with E-state index in [1.807, 2.05) is 13.1 Å². The van der Waals surface area contributed by atoms with E-state index in [1.54, 1.807) is 0 Å². The van der Waals surface area contributed by atoms with Crippen LogP contribution in [0.3, 0.4) is 0 Å². The van der Waals surface area contributed by atoms with Crippen molar-refractivity contribution in [3.05, 3.63) is 29.6 Å². The van der Waals surface area contributed by atoms with E-state index in [2.05, 4.69) is 23.7 Å². The van der Waals surface area contributed by atoms with Gasteiger partial charge in [-0.2, -0.15) is 0 Å². The zero-order valence-corrected chi connectivity index (χ0v) is 7.20. The monoisotopic (exact) mass is 160 g/mol. The first-order chi connectivity index (χ1) is 5.86. The number of nitrogens with zero attached hydrogens (tertiary/aromatic N) is 2. The van der Waals surface area contributed by atoms with Gasteiger partial charge in [-0.3, -0.25) is 4.98 Å². The summed E-state index contributed by atoms with van der Waals surface area (Å²) in [5, 5.41) is 6.50. The number of aryl methyl sites for hydroxylation is 1. The van der Waals surface area contributed by atoms with E-state index >= 15 is 0 Å². The van der Waals surface area contributed by atoms with Gasteiger partial charge < -0.3 is 0 Å². The van der Waals surface area contributed by atoms with Crippen LogP contribution in [0, 0.1) is 18.8 Å². The molecule has 62 valence electrons. The van der Waals surface area contributed by atoms with Crippen LogP contribution in [-0.2, 0) is 0 Å². The van der Waals surface area contributed by atoms with E-state index in [1.165, 1.54) is 18.4 Å². The van der Waals surface area contributed by atoms with Crippen LogP contribution in [0.1, 0.15) is 30.0 Å². The molecule has 0 aliphatic heterocycles. The van der Waals surface area contributed by atoms with Crippen LogP contribution in [0.25, 0.3) is 0 Å². The summed E-state index contributed by atoms with van der Waals surface area (Å²) in [7, 11) is 0. The van der Waals surface area contributed by atoms with Crippen LogP contribution in [-0.4, -0.2) is 4.98 Å². The largest absolute Gasteiger partial charge is 0.262 e. The Bertz CT molecular complexity index is 274. The molecule has 1 aromatic heterocycles. The van der Waals surface area contributed by atoms with Gasteiger partial charge in [-0.05, 0) is 43.4 Å². The van der Waals surface area contributed by atoms with Crippen molar-refractivity contribution in [3.63, 3.8) is 0 Å². The summed E-state index contributed by atoms with van der Waals surface area (Å²) >= 11 is 0. The molecule has 1 saturated carbocycles. The Kier molecular flexibility index (Phi) is 2.82. The predicted octanol–water partition coefficient (Wildman–Crippen LogP) is 2.41. The third kappa shape index (κ3) is 2.06. The van der Waals surface area contributed by atoms with Crippen molar-refractivity contribution >= 4 is 0 Å². The van der Waals surface area contributed by atoms with Gasteiger partial charge in [0, 0.05) is 18.5 Å². The molecular weight excluding hydrogens is 148 g/mol. The molecule has 0 aromatic carbocycles. The first kappa shape index (κ1) is 8.73. The van der Waals surface area contributed by atoms with Crippen LogP contribution in [0.5, 0.6) is 0 Å². The lowest BCUT2D eigenvalue weighted by atomic mass is 10.1. The highest BCUT2D eigenvalue weighted by atomic mass is 14.6. The molecule has 2 heteroatoms. The van der Waals surface area contributed by atoms with Gasteiger partial charge >= 0.3 is 0 Å². The minimum Gasteiger partial charge on any atom is -0.262 e. The molecule has 1 aliphatic rings. The summed E-state index contributed by atoms with van der Waals surface area (Å²) in [4.78, 5) is 4.15. The molecule has 2 nitrogen and oxygen atoms in total. The van der Waals surface area contributed by atoms with Crippen LogP contribution < -0.4 is 0 Å². The van der Waals surface area contributed by atoms with E-state index in [4.69, 9.17) is 5.26 Å². The highest BCUT2D eigenvalue weighted by Gasteiger charge is 2.22. The average Bonchev–Trinajstić information content (AvgIpc) is 2.90. The van der Waals surface area contributed by atoms with Crippen molar-refractivity contribution in [3.8, 4) is 6.57 Å². The van der Waals surface area contributed by atoms with Crippen molar-refractivity contribution in [2.75, 3.05) is 0 Å². The number of hydrogen-bond donors (Lipinski definition) is 0. The minimum absolute atomic E-state index is 0.863. The van der Waals surface area contributed by atoms with E-state index in [0.29, 0.717) is 0 Å². The van der Waals surface area contributed by atoms with E-state index in [0.717, 1.165) is 11.6 Å². The molecule has 1 fully saturated rings. The predicted molar refractivity (Wildman–Crippen MR) is 47.6 cm³/mol. The number of hydrogen-bond acceptors (Lipinski definition) is 2. The minimum atomic E-state index is 0.863. The lowest BCUT2D eigenvalue weighted by Crippen LogP contribution is -1.83. The van der Waals surface area contributed by atoms with Gasteiger partial charge in [0.05, 0.1) is 0 Å². The van der Waals surface area contributed by atoms with Crippen LogP contribution in [0.2, 0.25) is 0 Å². The normalized spacial score (nSPS) is 14.6. The second-order valence-electron chi connectivity index (χ2n) is 3.00. The van der Waals surface area contributed by atoms with Gasteiger partial charge in [0.25, 0.3) is 0 Å². The molecule has 0 unspecified atom stereocenters. The number of rotatable bonds is 1. The average molecular weight is 160 g/mol. The summed E-state index contributed by atoms with van der Waals surface area (Å²) in [5.41, 5.74) is 2.62. The lowest BCUT2D eigenvalue weighted by Gasteiger charge is -1.96. The molecule has 1 aromatic rings. The maximum absolute atomic E-state index is 6.50. The Hall–Kier alpha value is -1.36. The molecule has 0 radical (unpaired) electrons. The topological polar surface area (TPSA) is 36.7 Å². The van der Waals surface area contributed by atoms with Crippen LogP contribution >= 0.6 is 0 Å². The Balaban J connectivity index is 0.000000336. The molecular formula is C10H12N2. The third-order valence-electron chi connectivity index (χ3n) is 1.97. The van der Waals surface area contributed by atoms with E-state index in [-0.39, 0.29) is 0 Å². The molecule has 1 heterocycles. The molecule has 0 N–H and O–H groups in total. The zero-order chi connectivity index (χ0) is 8.97. The Labute approximate surface area is 72.9 Å². The lowest BCUT2D eigenvalue weighted by molar-refractivity contribution is 1.08. The van der Waals surface area contributed by atoms with Crippen molar-refractivity contribution < 1.29 is 0 Å². The van der Waals surface area contributed by atoms with Crippen molar-refractivity contribution in [2.45, 2.75) is 25.7 Å². The summed E-state index contributed by atoms with van der Waals surface area (Å²) in [6.07, 6.45) is 4.66. The maximum atomic E-state index is 6.50. The quantitative estimate of drug-likeness (QED) is 0.632. The number of nitriles is 1. The van der Waals surface area contributed by atoms with Gasteiger partial charge in [0.1, 0.15) is 0 Å². The summed E-state index contributed by atoms with van der Waals surface area (Å²) in [6.45, 7) is 5.55. The smallest absolute Gasteiger partial charge is 0.0462 e. The van der Waals surface area contributed by atoms with E-state index < -0.39 is 0 Å². The highest BCUT2D eigenvalue weighted by molar-refractivity contribution is 5.23. The van der Waals surface area contributed by atoms with Gasteiger partial charge in [0.2, 0.25) is 0 Å². The second-order valence-corrected chi connectivity index (χ2v) is 3.00. The fourth-order valence-corrected chi connectivity index (χ4v) is 1.24. The molecule has 0 atom stereocenters. The molecule has 2 rings (SSSR count). The Morgan fingerprint density at radius 1 is 1.50 bits per heavy atom. The first-order valence-electron chi connectivity index (χ1n) is 4.04. The fraction of sp³-hybridized carbons (Fsp3) is 0.400. The van der Waals surface area contributed by atoms with E-state index in [9.17, 15) is 0 Å². The number of pyridine rings is 1. The van der Waals surface area contributed by atoms with Crippen LogP contribution in [0.15, 0.2) is 18.3 Å². The maximum Gasteiger partial charge on any atom is 0.0462 e. The van der Waals surface area contributed by atoms with Gasteiger partial charge in [-0.1, -0.05) is 0 Å². The van der Waals surface area contributed by atoms with Gasteiger partial charge in [-0.15, -0.1) is 0 Å². The fourth-order valence-electron chi connectivity index (χ4n) is 1.24. The molecule has 1 aliphatic carbocycles. The molecule has 0 saturated heterocycles. The highest BCUT2D eigenvalue weighted by Crippen LogP contribution is 2.39. The standard InChI is InChI=1S/C9H11N.CHN/c1-7-6-9(4-5-10-7)8-2-3-8;1-2/h4-6,8H,2-3H2,1H3;1H. The molecule has 0 amide bonds. The summed E-state index contributed by atoms with van der Waals surface area (Å²) < 4.78 is 0. The Morgan fingerprint density at radius 3 is 2.67 bits per heavy atom. The zero-order valence-electron chi connectivity index (χ0n) is 7.20. The van der Waals surface area contributed by atoms with Gasteiger partial charge in [0.15, 0.2) is 0 Å². The Morgan fingerprint density at radius 2 is 2.17 bits per heavy atom. The number of aromatic nitrogens is 1. The summed E-state index contributed by atoms with van der Waals surface area (Å²) in [5.74, 6) is 0.863. The van der Waals surface area contributed by atoms with Crippen molar-refractivity contribution in [1.82, 2.24) is 4.98 Å². The molecule has 12 heavy (non-hydrogen) atoms. The van der Waals surface area contributed by atoms with Crippen LogP contribution in [0.4, 0.5) is 0 Å². The van der Waals surface area contributed by atoms with Gasteiger partial charge in [-0.25, -0.2) is 5.26 Å². The van der Waals surface area contributed by atoms with Crippen molar-refractivity contribution in [1.29, 1.82) is 5.26 Å². The molecule has 0 bridgehead atoms. The first-order valence-corrected chi connectivity index (χ1v) is 4.04. The van der Waals surface area contributed by atoms with Crippen molar-refractivity contribution in [2.24, 2.45) is 0 Å². The SMILES string of the molecule is C#N.Cc1cc(C2CC2)ccn1. The third-order valence-corrected chi connectivity index (χ3v) is 1.97.